The van der Waals surface area contributed by atoms with Gasteiger partial charge < -0.3 is 4.74 Å². The summed E-state index contributed by atoms with van der Waals surface area (Å²) in [6.45, 7) is 8.90. The Morgan fingerprint density at radius 2 is 1.67 bits per heavy atom. The van der Waals surface area contributed by atoms with Gasteiger partial charge in [0.2, 0.25) is 0 Å². The van der Waals surface area contributed by atoms with Crippen LogP contribution in [0.3, 0.4) is 0 Å². The number of rotatable bonds is 5. The third-order valence-electron chi connectivity index (χ3n) is 3.92. The minimum Gasteiger partial charge on any atom is -0.376 e. The second kappa shape index (κ2) is 6.03. The van der Waals surface area contributed by atoms with E-state index in [0.717, 1.165) is 19.1 Å². The molecule has 0 bridgehead atoms. The molecule has 1 aliphatic carbocycles. The first kappa shape index (κ1) is 13.8. The summed E-state index contributed by atoms with van der Waals surface area (Å²) < 4.78 is 5.84. The van der Waals surface area contributed by atoms with E-state index in [4.69, 9.17) is 4.74 Å². The average molecular weight is 262 g/mol. The Hall–Kier alpha value is -0.603. The second-order valence-corrected chi connectivity index (χ2v) is 11.7. The lowest BCUT2D eigenvalue weighted by Gasteiger charge is -2.17. The fourth-order valence-electron chi connectivity index (χ4n) is 2.62. The number of hydrogen-bond donors (Lipinski definition) is 0. The molecule has 1 fully saturated rings. The van der Waals surface area contributed by atoms with Gasteiger partial charge in [-0.1, -0.05) is 61.9 Å². The zero-order valence-corrected chi connectivity index (χ0v) is 13.0. The van der Waals surface area contributed by atoms with Gasteiger partial charge in [0.15, 0.2) is 0 Å². The highest BCUT2D eigenvalue weighted by Gasteiger charge is 2.16. The van der Waals surface area contributed by atoms with Crippen LogP contribution < -0.4 is 5.19 Å². The van der Waals surface area contributed by atoms with Crippen LogP contribution in [0.4, 0.5) is 0 Å². The maximum absolute atomic E-state index is 5.84. The molecular formula is C16H26OSi. The van der Waals surface area contributed by atoms with Gasteiger partial charge >= 0.3 is 0 Å². The quantitative estimate of drug-likeness (QED) is 0.730. The summed E-state index contributed by atoms with van der Waals surface area (Å²) in [6, 6.07) is 9.06. The van der Waals surface area contributed by atoms with Crippen molar-refractivity contribution in [2.45, 2.75) is 51.9 Å². The Bertz CT molecular complexity index is 358. The standard InChI is InChI=1S/C16H26OSi/c1-18(2,3)16-10-8-15(9-11-16)13-17-12-14-6-4-5-7-14/h8-11,14H,4-7,12-13H2,1-3H3. The summed E-state index contributed by atoms with van der Waals surface area (Å²) in [5.74, 6) is 0.825. The van der Waals surface area contributed by atoms with E-state index in [-0.39, 0.29) is 0 Å². The molecule has 0 unspecified atom stereocenters. The Balaban J connectivity index is 1.79. The molecule has 0 radical (unpaired) electrons. The normalized spacial score (nSPS) is 17.3. The zero-order chi connectivity index (χ0) is 13.0. The van der Waals surface area contributed by atoms with E-state index in [0.29, 0.717) is 0 Å². The summed E-state index contributed by atoms with van der Waals surface area (Å²) >= 11 is 0. The SMILES string of the molecule is C[Si](C)(C)c1ccc(COCC2CCCC2)cc1. The Morgan fingerprint density at radius 1 is 1.06 bits per heavy atom. The fraction of sp³-hybridized carbons (Fsp3) is 0.625. The van der Waals surface area contributed by atoms with Crippen LogP contribution in [0.15, 0.2) is 24.3 Å². The zero-order valence-electron chi connectivity index (χ0n) is 12.0. The molecule has 1 aromatic rings. The first-order valence-electron chi connectivity index (χ1n) is 7.23. The summed E-state index contributed by atoms with van der Waals surface area (Å²) in [4.78, 5) is 0. The maximum Gasteiger partial charge on any atom is 0.0775 e. The average Bonchev–Trinajstić information content (AvgIpc) is 2.82. The van der Waals surface area contributed by atoms with Crippen LogP contribution in [-0.2, 0) is 11.3 Å². The third kappa shape index (κ3) is 3.96. The van der Waals surface area contributed by atoms with E-state index < -0.39 is 8.07 Å². The molecule has 0 saturated heterocycles. The minimum absolute atomic E-state index is 0.780. The molecule has 0 N–H and O–H groups in total. The van der Waals surface area contributed by atoms with Crippen molar-refractivity contribution in [3.8, 4) is 0 Å². The van der Waals surface area contributed by atoms with E-state index in [9.17, 15) is 0 Å². The van der Waals surface area contributed by atoms with Gasteiger partial charge in [-0.05, 0) is 24.3 Å². The number of benzene rings is 1. The monoisotopic (exact) mass is 262 g/mol. The highest BCUT2D eigenvalue weighted by atomic mass is 28.3. The van der Waals surface area contributed by atoms with Gasteiger partial charge in [0.25, 0.3) is 0 Å². The highest BCUT2D eigenvalue weighted by Crippen LogP contribution is 2.24. The molecule has 1 aliphatic rings. The van der Waals surface area contributed by atoms with Crippen molar-refractivity contribution in [3.05, 3.63) is 29.8 Å². The number of ether oxygens (including phenoxy) is 1. The summed E-state index contributed by atoms with van der Waals surface area (Å²) in [5, 5.41) is 1.53. The van der Waals surface area contributed by atoms with Gasteiger partial charge in [-0.25, -0.2) is 0 Å². The van der Waals surface area contributed by atoms with Gasteiger partial charge in [-0.2, -0.15) is 0 Å². The highest BCUT2D eigenvalue weighted by molar-refractivity contribution is 6.88. The predicted octanol–water partition coefficient (Wildman–Crippen LogP) is 3.94. The molecular weight excluding hydrogens is 236 g/mol. The van der Waals surface area contributed by atoms with Gasteiger partial charge in [0.1, 0.15) is 0 Å². The van der Waals surface area contributed by atoms with Crippen molar-refractivity contribution in [2.24, 2.45) is 5.92 Å². The van der Waals surface area contributed by atoms with Crippen LogP contribution in [0.5, 0.6) is 0 Å². The molecule has 2 rings (SSSR count). The lowest BCUT2D eigenvalue weighted by molar-refractivity contribution is 0.0889. The van der Waals surface area contributed by atoms with E-state index in [2.05, 4.69) is 43.9 Å². The van der Waals surface area contributed by atoms with Crippen molar-refractivity contribution < 1.29 is 4.74 Å². The first-order chi connectivity index (χ1) is 8.55. The molecule has 0 amide bonds. The van der Waals surface area contributed by atoms with Crippen molar-refractivity contribution in [2.75, 3.05) is 6.61 Å². The van der Waals surface area contributed by atoms with Crippen molar-refractivity contribution in [3.63, 3.8) is 0 Å². The van der Waals surface area contributed by atoms with E-state index in [1.807, 2.05) is 0 Å². The largest absolute Gasteiger partial charge is 0.376 e. The molecule has 18 heavy (non-hydrogen) atoms. The molecule has 100 valence electrons. The topological polar surface area (TPSA) is 9.23 Å². The van der Waals surface area contributed by atoms with E-state index in [1.165, 1.54) is 36.4 Å². The molecule has 0 heterocycles. The number of hydrogen-bond acceptors (Lipinski definition) is 1. The molecule has 0 aromatic heterocycles. The lowest BCUT2D eigenvalue weighted by atomic mass is 10.1. The molecule has 0 atom stereocenters. The smallest absolute Gasteiger partial charge is 0.0775 e. The van der Waals surface area contributed by atoms with Crippen molar-refractivity contribution in [1.82, 2.24) is 0 Å². The third-order valence-corrected chi connectivity index (χ3v) is 5.98. The van der Waals surface area contributed by atoms with Crippen LogP contribution in [0.2, 0.25) is 19.6 Å². The maximum atomic E-state index is 5.84. The lowest BCUT2D eigenvalue weighted by Crippen LogP contribution is -2.37. The van der Waals surface area contributed by atoms with Gasteiger partial charge in [0.05, 0.1) is 14.7 Å². The van der Waals surface area contributed by atoms with Gasteiger partial charge in [0, 0.05) is 6.61 Å². The minimum atomic E-state index is -1.15. The predicted molar refractivity (Wildman–Crippen MR) is 81.0 cm³/mol. The van der Waals surface area contributed by atoms with Crippen LogP contribution in [0.25, 0.3) is 0 Å². The molecule has 0 aliphatic heterocycles. The molecule has 1 saturated carbocycles. The Labute approximate surface area is 113 Å². The van der Waals surface area contributed by atoms with Crippen LogP contribution in [0.1, 0.15) is 31.2 Å². The van der Waals surface area contributed by atoms with Crippen LogP contribution >= 0.6 is 0 Å². The van der Waals surface area contributed by atoms with E-state index in [1.54, 1.807) is 0 Å². The van der Waals surface area contributed by atoms with Crippen LogP contribution in [-0.4, -0.2) is 14.7 Å². The fourth-order valence-corrected chi connectivity index (χ4v) is 3.79. The van der Waals surface area contributed by atoms with Gasteiger partial charge in [-0.3, -0.25) is 0 Å². The molecule has 0 spiro atoms. The van der Waals surface area contributed by atoms with Crippen molar-refractivity contribution >= 4 is 13.3 Å². The summed E-state index contributed by atoms with van der Waals surface area (Å²) in [6.07, 6.45) is 5.54. The first-order valence-corrected chi connectivity index (χ1v) is 10.7. The summed E-state index contributed by atoms with van der Waals surface area (Å²) in [7, 11) is -1.15. The summed E-state index contributed by atoms with van der Waals surface area (Å²) in [5.41, 5.74) is 1.31. The molecule has 1 aromatic carbocycles. The van der Waals surface area contributed by atoms with E-state index >= 15 is 0 Å². The molecule has 2 heteroatoms. The van der Waals surface area contributed by atoms with Gasteiger partial charge in [-0.15, -0.1) is 0 Å². The van der Waals surface area contributed by atoms with Crippen molar-refractivity contribution in [1.29, 1.82) is 0 Å². The van der Waals surface area contributed by atoms with Crippen LogP contribution in [0, 0.1) is 5.92 Å². The Kier molecular flexibility index (Phi) is 4.63. The second-order valence-electron chi connectivity index (χ2n) is 6.61. The Morgan fingerprint density at radius 3 is 2.22 bits per heavy atom. The molecule has 1 nitrogen and oxygen atoms in total.